The zero-order valence-electron chi connectivity index (χ0n) is 14.0. The fourth-order valence-corrected chi connectivity index (χ4v) is 3.68. The number of carbonyl (C=O) groups is 2. The van der Waals surface area contributed by atoms with E-state index in [0.29, 0.717) is 26.2 Å². The number of benzene rings is 1. The van der Waals surface area contributed by atoms with E-state index in [-0.39, 0.29) is 5.91 Å². The van der Waals surface area contributed by atoms with E-state index in [1.165, 1.54) is 10.5 Å². The Kier molecular flexibility index (Phi) is 6.33. The highest BCUT2D eigenvalue weighted by atomic mass is 32.2. The summed E-state index contributed by atoms with van der Waals surface area (Å²) in [6.07, 6.45) is 0.733. The number of fused-ring (bicyclic) bond motifs is 1. The summed E-state index contributed by atoms with van der Waals surface area (Å²) in [6, 6.07) is 6.04. The highest BCUT2D eigenvalue weighted by molar-refractivity contribution is 7.99. The minimum absolute atomic E-state index is 0.388. The van der Waals surface area contributed by atoms with E-state index >= 15 is 0 Å². The summed E-state index contributed by atoms with van der Waals surface area (Å²) in [5, 5.41) is 0. The van der Waals surface area contributed by atoms with Gasteiger partial charge in [-0.25, -0.2) is 0 Å². The van der Waals surface area contributed by atoms with Gasteiger partial charge in [0.2, 0.25) is 0 Å². The van der Waals surface area contributed by atoms with Crippen LogP contribution < -0.4 is 4.74 Å². The lowest BCUT2D eigenvalue weighted by Gasteiger charge is -2.27. The second-order valence-corrected chi connectivity index (χ2v) is 6.48. The van der Waals surface area contributed by atoms with Crippen molar-refractivity contribution in [2.24, 2.45) is 0 Å². The fourth-order valence-electron chi connectivity index (χ4n) is 2.64. The van der Waals surface area contributed by atoms with Crippen LogP contribution in [0.4, 0.5) is 0 Å². The Bertz CT molecular complexity index is 573. The van der Waals surface area contributed by atoms with E-state index in [9.17, 15) is 9.59 Å². The van der Waals surface area contributed by atoms with Gasteiger partial charge in [-0.3, -0.25) is 9.59 Å². The van der Waals surface area contributed by atoms with Crippen molar-refractivity contribution in [3.05, 3.63) is 23.8 Å². The van der Waals surface area contributed by atoms with Crippen LogP contribution in [-0.4, -0.2) is 60.7 Å². The molecular formula is C17H24N2O3S. The zero-order chi connectivity index (χ0) is 16.8. The number of rotatable bonds is 3. The van der Waals surface area contributed by atoms with Crippen LogP contribution in [0.2, 0.25) is 0 Å². The molecule has 1 aromatic carbocycles. The SMILES string of the molecule is CCN(CC)C(=O)C(=O)N1CCSc2ccc(OC)cc2CC1. The van der Waals surface area contributed by atoms with Crippen LogP contribution in [0, 0.1) is 0 Å². The number of likely N-dealkylation sites (N-methyl/N-ethyl adjacent to an activating group) is 1. The van der Waals surface area contributed by atoms with Crippen molar-refractivity contribution < 1.29 is 14.3 Å². The summed E-state index contributed by atoms with van der Waals surface area (Å²) in [5.74, 6) is 0.824. The molecule has 0 aliphatic carbocycles. The number of amides is 2. The molecule has 0 bridgehead atoms. The maximum atomic E-state index is 12.5. The van der Waals surface area contributed by atoms with E-state index in [2.05, 4.69) is 6.07 Å². The number of nitrogens with zero attached hydrogens (tertiary/aromatic N) is 2. The summed E-state index contributed by atoms with van der Waals surface area (Å²) >= 11 is 1.72. The first kappa shape index (κ1) is 17.7. The monoisotopic (exact) mass is 336 g/mol. The molecule has 0 saturated heterocycles. The molecular weight excluding hydrogens is 312 g/mol. The molecule has 0 N–H and O–H groups in total. The van der Waals surface area contributed by atoms with Crippen LogP contribution in [0.1, 0.15) is 19.4 Å². The third-order valence-electron chi connectivity index (χ3n) is 4.06. The van der Waals surface area contributed by atoms with Crippen LogP contribution in [0.5, 0.6) is 5.75 Å². The van der Waals surface area contributed by atoms with Crippen molar-refractivity contribution in [1.29, 1.82) is 0 Å². The quantitative estimate of drug-likeness (QED) is 0.793. The van der Waals surface area contributed by atoms with E-state index in [1.54, 1.807) is 28.7 Å². The zero-order valence-corrected chi connectivity index (χ0v) is 14.8. The number of methoxy groups -OCH3 is 1. The van der Waals surface area contributed by atoms with Gasteiger partial charge in [0, 0.05) is 36.8 Å². The Labute approximate surface area is 142 Å². The van der Waals surface area contributed by atoms with Gasteiger partial charge in [0.15, 0.2) is 0 Å². The van der Waals surface area contributed by atoms with Gasteiger partial charge in [0.25, 0.3) is 0 Å². The van der Waals surface area contributed by atoms with Crippen LogP contribution in [0.15, 0.2) is 23.1 Å². The molecule has 0 radical (unpaired) electrons. The molecule has 0 saturated carbocycles. The third-order valence-corrected chi connectivity index (χ3v) is 5.15. The molecule has 1 aliphatic rings. The molecule has 0 fully saturated rings. The van der Waals surface area contributed by atoms with Crippen LogP contribution in [-0.2, 0) is 16.0 Å². The predicted molar refractivity (Wildman–Crippen MR) is 91.9 cm³/mol. The summed E-state index contributed by atoms with van der Waals surface area (Å²) in [4.78, 5) is 29.2. The lowest BCUT2D eigenvalue weighted by atomic mass is 10.1. The highest BCUT2D eigenvalue weighted by Gasteiger charge is 2.26. The molecule has 2 rings (SSSR count). The van der Waals surface area contributed by atoms with Gasteiger partial charge in [0.1, 0.15) is 5.75 Å². The minimum Gasteiger partial charge on any atom is -0.497 e. The maximum absolute atomic E-state index is 12.5. The van der Waals surface area contributed by atoms with Gasteiger partial charge in [0.05, 0.1) is 7.11 Å². The number of hydrogen-bond donors (Lipinski definition) is 0. The number of thioether (sulfide) groups is 1. The molecule has 5 nitrogen and oxygen atoms in total. The van der Waals surface area contributed by atoms with E-state index < -0.39 is 5.91 Å². The van der Waals surface area contributed by atoms with Gasteiger partial charge >= 0.3 is 11.8 Å². The average molecular weight is 336 g/mol. The van der Waals surface area contributed by atoms with Crippen LogP contribution in [0.25, 0.3) is 0 Å². The first-order valence-electron chi connectivity index (χ1n) is 7.98. The molecule has 126 valence electrons. The molecule has 0 atom stereocenters. The van der Waals surface area contributed by atoms with Crippen LogP contribution >= 0.6 is 11.8 Å². The lowest BCUT2D eigenvalue weighted by Crippen LogP contribution is -2.46. The van der Waals surface area contributed by atoms with Crippen molar-refractivity contribution in [3.8, 4) is 5.75 Å². The topological polar surface area (TPSA) is 49.9 Å². The standard InChI is InChI=1S/C17H24N2O3S/c1-4-18(5-2)16(20)17(21)19-9-8-13-12-14(22-3)6-7-15(13)23-11-10-19/h6-7,12H,4-5,8-11H2,1-3H3. The second-order valence-electron chi connectivity index (χ2n) is 5.34. The summed E-state index contributed by atoms with van der Waals surface area (Å²) in [7, 11) is 1.65. The Morgan fingerprint density at radius 1 is 1.26 bits per heavy atom. The Morgan fingerprint density at radius 3 is 2.65 bits per heavy atom. The molecule has 1 aromatic rings. The molecule has 6 heteroatoms. The molecule has 1 aliphatic heterocycles. The average Bonchev–Trinajstić information content (AvgIpc) is 2.56. The summed E-state index contributed by atoms with van der Waals surface area (Å²) in [5.41, 5.74) is 1.17. The molecule has 0 spiro atoms. The van der Waals surface area contributed by atoms with Crippen molar-refractivity contribution in [2.75, 3.05) is 39.0 Å². The highest BCUT2D eigenvalue weighted by Crippen LogP contribution is 2.28. The molecule has 1 heterocycles. The van der Waals surface area contributed by atoms with E-state index in [0.717, 1.165) is 17.9 Å². The lowest BCUT2D eigenvalue weighted by molar-refractivity contribution is -0.151. The van der Waals surface area contributed by atoms with Gasteiger partial charge in [-0.1, -0.05) is 0 Å². The van der Waals surface area contributed by atoms with Gasteiger partial charge in [-0.15, -0.1) is 11.8 Å². The molecule has 0 aromatic heterocycles. The third kappa shape index (κ3) is 4.19. The Balaban J connectivity index is 2.10. The van der Waals surface area contributed by atoms with E-state index in [1.807, 2.05) is 26.0 Å². The van der Waals surface area contributed by atoms with Crippen molar-refractivity contribution in [3.63, 3.8) is 0 Å². The summed E-state index contributed by atoms with van der Waals surface area (Å²) in [6.45, 7) is 6.06. The normalized spacial score (nSPS) is 14.5. The van der Waals surface area contributed by atoms with E-state index in [4.69, 9.17) is 4.74 Å². The second kappa shape index (κ2) is 8.24. The fraction of sp³-hybridized carbons (Fsp3) is 0.529. The van der Waals surface area contributed by atoms with Crippen molar-refractivity contribution >= 4 is 23.6 Å². The number of carbonyl (C=O) groups excluding carboxylic acids is 2. The number of ether oxygens (including phenoxy) is 1. The maximum Gasteiger partial charge on any atom is 0.312 e. The Morgan fingerprint density at radius 2 is 2.00 bits per heavy atom. The Hall–Kier alpha value is -1.69. The van der Waals surface area contributed by atoms with Crippen LogP contribution in [0.3, 0.4) is 0 Å². The molecule has 0 unspecified atom stereocenters. The molecule has 2 amide bonds. The number of hydrogen-bond acceptors (Lipinski definition) is 4. The summed E-state index contributed by atoms with van der Waals surface area (Å²) < 4.78 is 5.27. The van der Waals surface area contributed by atoms with Gasteiger partial charge in [-0.05, 0) is 44.0 Å². The largest absolute Gasteiger partial charge is 0.497 e. The minimum atomic E-state index is -0.397. The smallest absolute Gasteiger partial charge is 0.312 e. The van der Waals surface area contributed by atoms with Gasteiger partial charge in [-0.2, -0.15) is 0 Å². The van der Waals surface area contributed by atoms with Crippen molar-refractivity contribution in [2.45, 2.75) is 25.2 Å². The van der Waals surface area contributed by atoms with Gasteiger partial charge < -0.3 is 14.5 Å². The molecule has 23 heavy (non-hydrogen) atoms. The van der Waals surface area contributed by atoms with Crippen molar-refractivity contribution in [1.82, 2.24) is 9.80 Å². The first-order valence-corrected chi connectivity index (χ1v) is 8.97. The predicted octanol–water partition coefficient (Wildman–Crippen LogP) is 2.04. The first-order chi connectivity index (χ1) is 11.1.